The van der Waals surface area contributed by atoms with E-state index in [1.807, 2.05) is 0 Å². The van der Waals surface area contributed by atoms with E-state index in [1.165, 1.54) is 32.9 Å². The Bertz CT molecular complexity index is 1840. The van der Waals surface area contributed by atoms with Crippen LogP contribution >= 0.6 is 0 Å². The minimum atomic E-state index is -4.68. The second-order valence-corrected chi connectivity index (χ2v) is 9.33. The minimum absolute atomic E-state index is 0.0406. The number of aryl methyl sites for hydroxylation is 1. The molecule has 0 unspecified atom stereocenters. The van der Waals surface area contributed by atoms with E-state index in [9.17, 15) is 18.4 Å². The summed E-state index contributed by atoms with van der Waals surface area (Å²) in [6.45, 7) is -0.224. The van der Waals surface area contributed by atoms with Gasteiger partial charge in [-0.3, -0.25) is 0 Å². The molecule has 11 nitrogen and oxygen atoms in total. The molecule has 15 heteroatoms. The molecule has 5 aromatic heterocycles. The van der Waals surface area contributed by atoms with Gasteiger partial charge in [0, 0.05) is 37.1 Å². The lowest BCUT2D eigenvalue weighted by Crippen LogP contribution is -2.06. The molecule has 1 aliphatic carbocycles. The van der Waals surface area contributed by atoms with Crippen molar-refractivity contribution in [3.63, 3.8) is 0 Å². The average molecular weight is 565 g/mol. The Balaban J connectivity index is 1.35. The number of fused-ring (bicyclic) bond motifs is 1. The summed E-state index contributed by atoms with van der Waals surface area (Å²) in [5.74, 6) is -0.416. The Hall–Kier alpha value is -5.13. The first kappa shape index (κ1) is 26.1. The van der Waals surface area contributed by atoms with Gasteiger partial charge in [0.2, 0.25) is 11.8 Å². The topological polar surface area (TPSA) is 140 Å². The van der Waals surface area contributed by atoms with Crippen LogP contribution in [0.3, 0.4) is 0 Å². The van der Waals surface area contributed by atoms with E-state index < -0.39 is 17.7 Å². The summed E-state index contributed by atoms with van der Waals surface area (Å²) >= 11 is 0. The van der Waals surface area contributed by atoms with Gasteiger partial charge in [-0.05, 0) is 18.9 Å². The van der Waals surface area contributed by atoms with Crippen molar-refractivity contribution in [1.82, 2.24) is 39.5 Å². The van der Waals surface area contributed by atoms with Crippen molar-refractivity contribution in [2.45, 2.75) is 31.5 Å². The third-order valence-corrected chi connectivity index (χ3v) is 6.49. The first-order valence-corrected chi connectivity index (χ1v) is 12.2. The average Bonchev–Trinajstić information content (AvgIpc) is 3.60. The summed E-state index contributed by atoms with van der Waals surface area (Å²) in [6.07, 6.45) is 2.12. The second-order valence-electron chi connectivity index (χ2n) is 9.33. The van der Waals surface area contributed by atoms with E-state index in [1.54, 1.807) is 0 Å². The number of aromatic nitrogens is 8. The van der Waals surface area contributed by atoms with E-state index in [2.05, 4.69) is 41.0 Å². The summed E-state index contributed by atoms with van der Waals surface area (Å²) < 4.78 is 66.6. The summed E-state index contributed by atoms with van der Waals surface area (Å²) in [7, 11) is 2.79. The van der Waals surface area contributed by atoms with Crippen LogP contribution in [0.4, 0.5) is 17.6 Å². The van der Waals surface area contributed by atoms with Crippen molar-refractivity contribution in [2.75, 3.05) is 7.11 Å². The quantitative estimate of drug-likeness (QED) is 0.278. The fraction of sp³-hybridized carbons (Fsp3) is 0.269. The molecule has 0 atom stereocenters. The number of nitriles is 1. The standard InChI is InChI=1S/C26H19F4N9O2/c1-39-9-16(26(28,29)30)36-23(39)20-15(27)5-12(7-32-20)10-41-25-17-14(6-31)8-33-21(17)37-22(38-25)18-19(13-3-4-13)34-11-35-24(18)40-2/h5,7-9,11,13H,3-4,10H2,1-2H3,(H,33,37,38). The van der Waals surface area contributed by atoms with Gasteiger partial charge in [0.15, 0.2) is 23.2 Å². The molecule has 0 spiro atoms. The van der Waals surface area contributed by atoms with Gasteiger partial charge >= 0.3 is 6.18 Å². The fourth-order valence-electron chi connectivity index (χ4n) is 4.41. The Morgan fingerprint density at radius 1 is 1.15 bits per heavy atom. The van der Waals surface area contributed by atoms with Gasteiger partial charge in [-0.1, -0.05) is 0 Å². The number of nitrogens with one attached hydrogen (secondary N) is 1. The zero-order chi connectivity index (χ0) is 28.9. The maximum absolute atomic E-state index is 15.0. The molecule has 0 aromatic carbocycles. The highest BCUT2D eigenvalue weighted by Crippen LogP contribution is 2.45. The predicted molar refractivity (Wildman–Crippen MR) is 134 cm³/mol. The molecule has 41 heavy (non-hydrogen) atoms. The van der Waals surface area contributed by atoms with Crippen LogP contribution in [0.5, 0.6) is 11.8 Å². The predicted octanol–water partition coefficient (Wildman–Crippen LogP) is 4.70. The number of hydrogen-bond donors (Lipinski definition) is 1. The fourth-order valence-corrected chi connectivity index (χ4v) is 4.41. The SMILES string of the molecule is COc1ncnc(C2CC2)c1-c1nc(OCc2cnc(-c3nc(C(F)(F)F)cn3C)c(F)c2)c2c(C#N)c[nH]c2n1. The highest BCUT2D eigenvalue weighted by molar-refractivity contribution is 5.89. The van der Waals surface area contributed by atoms with Gasteiger partial charge in [0.05, 0.1) is 23.8 Å². The molecule has 0 saturated heterocycles. The Morgan fingerprint density at radius 3 is 2.61 bits per heavy atom. The van der Waals surface area contributed by atoms with Crippen LogP contribution in [0.1, 0.15) is 41.3 Å². The van der Waals surface area contributed by atoms with Crippen LogP contribution in [0, 0.1) is 17.1 Å². The van der Waals surface area contributed by atoms with Crippen molar-refractivity contribution in [2.24, 2.45) is 7.05 Å². The maximum atomic E-state index is 15.0. The summed E-state index contributed by atoms with van der Waals surface area (Å²) in [5.41, 5.74) is 0.552. The zero-order valence-electron chi connectivity index (χ0n) is 21.5. The van der Waals surface area contributed by atoms with Crippen LogP contribution in [0.15, 0.2) is 31.0 Å². The Labute approximate surface area is 228 Å². The lowest BCUT2D eigenvalue weighted by atomic mass is 10.1. The third kappa shape index (κ3) is 4.77. The molecule has 1 aliphatic rings. The van der Waals surface area contributed by atoms with Gasteiger partial charge in [0.25, 0.3) is 0 Å². The molecule has 1 N–H and O–H groups in total. The van der Waals surface area contributed by atoms with E-state index in [0.29, 0.717) is 16.6 Å². The number of rotatable bonds is 7. The van der Waals surface area contributed by atoms with Gasteiger partial charge in [-0.2, -0.15) is 23.4 Å². The van der Waals surface area contributed by atoms with Crippen molar-refractivity contribution in [1.29, 1.82) is 5.26 Å². The molecule has 1 saturated carbocycles. The Morgan fingerprint density at radius 2 is 1.95 bits per heavy atom. The smallest absolute Gasteiger partial charge is 0.434 e. The number of ether oxygens (including phenoxy) is 2. The summed E-state index contributed by atoms with van der Waals surface area (Å²) in [5, 5.41) is 9.94. The molecular formula is C26H19F4N9O2. The molecule has 5 aromatic rings. The lowest BCUT2D eigenvalue weighted by Gasteiger charge is -2.13. The van der Waals surface area contributed by atoms with E-state index in [4.69, 9.17) is 9.47 Å². The molecule has 208 valence electrons. The molecule has 0 bridgehead atoms. The van der Waals surface area contributed by atoms with Crippen LogP contribution in [-0.2, 0) is 19.8 Å². The lowest BCUT2D eigenvalue weighted by molar-refractivity contribution is -0.140. The van der Waals surface area contributed by atoms with Crippen LogP contribution in [0.25, 0.3) is 33.9 Å². The zero-order valence-corrected chi connectivity index (χ0v) is 21.5. The number of aromatic amines is 1. The number of imidazole rings is 1. The second kappa shape index (κ2) is 9.81. The molecule has 0 amide bonds. The molecule has 0 aliphatic heterocycles. The largest absolute Gasteiger partial charge is 0.480 e. The number of H-pyrrole nitrogens is 1. The third-order valence-electron chi connectivity index (χ3n) is 6.49. The number of halogens is 4. The van der Waals surface area contributed by atoms with Gasteiger partial charge in [-0.25, -0.2) is 29.3 Å². The van der Waals surface area contributed by atoms with Crippen molar-refractivity contribution in [3.8, 4) is 40.7 Å². The highest BCUT2D eigenvalue weighted by atomic mass is 19.4. The number of nitrogens with zero attached hydrogens (tertiary/aromatic N) is 8. The first-order valence-electron chi connectivity index (χ1n) is 12.2. The van der Waals surface area contributed by atoms with Crippen molar-refractivity contribution in [3.05, 3.63) is 59.3 Å². The number of methoxy groups -OCH3 is 1. The van der Waals surface area contributed by atoms with E-state index >= 15 is 4.39 Å². The van der Waals surface area contributed by atoms with Crippen LogP contribution in [-0.4, -0.2) is 46.6 Å². The number of hydrogen-bond acceptors (Lipinski definition) is 9. The van der Waals surface area contributed by atoms with E-state index in [0.717, 1.165) is 35.4 Å². The summed E-state index contributed by atoms with van der Waals surface area (Å²) in [4.78, 5) is 28.2. The van der Waals surface area contributed by atoms with Crippen LogP contribution < -0.4 is 9.47 Å². The minimum Gasteiger partial charge on any atom is -0.480 e. The highest BCUT2D eigenvalue weighted by Gasteiger charge is 2.35. The monoisotopic (exact) mass is 565 g/mol. The van der Waals surface area contributed by atoms with Gasteiger partial charge in [0.1, 0.15) is 35.9 Å². The molecule has 6 rings (SSSR count). The summed E-state index contributed by atoms with van der Waals surface area (Å²) in [6, 6.07) is 3.15. The van der Waals surface area contributed by atoms with Gasteiger partial charge in [-0.15, -0.1) is 0 Å². The number of pyridine rings is 1. The normalized spacial score (nSPS) is 13.4. The number of alkyl halides is 3. The maximum Gasteiger partial charge on any atom is 0.434 e. The van der Waals surface area contributed by atoms with Crippen molar-refractivity contribution < 1.29 is 27.0 Å². The van der Waals surface area contributed by atoms with Crippen molar-refractivity contribution >= 4 is 11.0 Å². The van der Waals surface area contributed by atoms with Crippen LogP contribution in [0.2, 0.25) is 0 Å². The van der Waals surface area contributed by atoms with Gasteiger partial charge < -0.3 is 19.0 Å². The van der Waals surface area contributed by atoms with E-state index in [-0.39, 0.29) is 52.8 Å². The molecule has 5 heterocycles. The Kier molecular flexibility index (Phi) is 6.24. The molecule has 1 fully saturated rings. The molecule has 0 radical (unpaired) electrons. The molecular weight excluding hydrogens is 546 g/mol. The first-order chi connectivity index (χ1) is 19.7.